The van der Waals surface area contributed by atoms with Crippen molar-refractivity contribution < 1.29 is 28.6 Å². The van der Waals surface area contributed by atoms with Gasteiger partial charge in [-0.2, -0.15) is 0 Å². The molecule has 1 unspecified atom stereocenters. The van der Waals surface area contributed by atoms with E-state index in [0.717, 1.165) is 5.56 Å². The lowest BCUT2D eigenvalue weighted by molar-refractivity contribution is -0.150. The van der Waals surface area contributed by atoms with Crippen molar-refractivity contribution in [2.45, 2.75) is 32.9 Å². The van der Waals surface area contributed by atoms with Crippen LogP contribution in [0.1, 0.15) is 25.0 Å². The summed E-state index contributed by atoms with van der Waals surface area (Å²) in [7, 11) is 0. The first-order valence-electron chi connectivity index (χ1n) is 9.51. The molecule has 156 valence electrons. The fourth-order valence-corrected chi connectivity index (χ4v) is 2.80. The fraction of sp³-hybridized carbons (Fsp3) is 0.364. The molecule has 1 amide bonds. The van der Waals surface area contributed by atoms with E-state index in [9.17, 15) is 14.0 Å². The minimum Gasteiger partial charge on any atom is -0.484 e. The van der Waals surface area contributed by atoms with Crippen molar-refractivity contribution in [1.82, 2.24) is 4.90 Å². The molecule has 6 nitrogen and oxygen atoms in total. The van der Waals surface area contributed by atoms with Crippen LogP contribution >= 0.6 is 0 Å². The molecule has 0 bridgehead atoms. The van der Waals surface area contributed by atoms with Crippen molar-refractivity contribution in [3.05, 3.63) is 65.5 Å². The van der Waals surface area contributed by atoms with Gasteiger partial charge in [0.25, 0.3) is 5.91 Å². The van der Waals surface area contributed by atoms with Gasteiger partial charge < -0.3 is 19.5 Å². The molecule has 29 heavy (non-hydrogen) atoms. The molecule has 1 N–H and O–H groups in total. The number of rotatable bonds is 11. The third-order valence-electron chi connectivity index (χ3n) is 4.40. The molecule has 2 rings (SSSR count). The van der Waals surface area contributed by atoms with Crippen LogP contribution in [0, 0.1) is 5.82 Å². The van der Waals surface area contributed by atoms with E-state index in [0.29, 0.717) is 24.5 Å². The van der Waals surface area contributed by atoms with Gasteiger partial charge >= 0.3 is 5.97 Å². The van der Waals surface area contributed by atoms with Crippen LogP contribution in [0.5, 0.6) is 5.75 Å². The number of likely N-dealkylation sites (N-methyl/N-ethyl adjacent to an activating group) is 1. The van der Waals surface area contributed by atoms with Gasteiger partial charge in [-0.05, 0) is 37.6 Å². The van der Waals surface area contributed by atoms with Crippen molar-refractivity contribution in [1.29, 1.82) is 0 Å². The van der Waals surface area contributed by atoms with Crippen LogP contribution in [0.15, 0.2) is 48.5 Å². The first kappa shape index (κ1) is 22.4. The number of amides is 1. The van der Waals surface area contributed by atoms with Gasteiger partial charge in [-0.3, -0.25) is 4.79 Å². The summed E-state index contributed by atoms with van der Waals surface area (Å²) in [6.07, 6.45) is -0.654. The fourth-order valence-electron chi connectivity index (χ4n) is 2.80. The van der Waals surface area contributed by atoms with Gasteiger partial charge in [0.05, 0.1) is 0 Å². The van der Waals surface area contributed by atoms with Crippen LogP contribution in [-0.2, 0) is 27.3 Å². The minimum absolute atomic E-state index is 0.168. The third-order valence-corrected chi connectivity index (χ3v) is 4.40. The van der Waals surface area contributed by atoms with Gasteiger partial charge in [0.15, 0.2) is 12.7 Å². The highest BCUT2D eigenvalue weighted by Gasteiger charge is 2.18. The normalized spacial score (nSPS) is 11.7. The Morgan fingerprint density at radius 1 is 1.10 bits per heavy atom. The summed E-state index contributed by atoms with van der Waals surface area (Å²) >= 11 is 0. The van der Waals surface area contributed by atoms with E-state index in [1.54, 1.807) is 49.4 Å². The smallest absolute Gasteiger partial charge is 0.333 e. The second-order valence-corrected chi connectivity index (χ2v) is 6.42. The number of carbonyl (C=O) groups is 2. The Balaban J connectivity index is 1.90. The van der Waals surface area contributed by atoms with Crippen molar-refractivity contribution in [2.24, 2.45) is 0 Å². The van der Waals surface area contributed by atoms with E-state index in [4.69, 9.17) is 14.6 Å². The van der Waals surface area contributed by atoms with Gasteiger partial charge in [-0.25, -0.2) is 9.18 Å². The zero-order chi connectivity index (χ0) is 21.2. The number of hydrogen-bond donors (Lipinski definition) is 1. The summed E-state index contributed by atoms with van der Waals surface area (Å²) in [5, 5.41) is 9.15. The molecule has 0 saturated carbocycles. The average molecular weight is 403 g/mol. The summed E-state index contributed by atoms with van der Waals surface area (Å²) in [4.78, 5) is 25.1. The predicted octanol–water partition coefficient (Wildman–Crippen LogP) is 3.29. The molecule has 2 aromatic rings. The van der Waals surface area contributed by atoms with E-state index < -0.39 is 12.1 Å². The maximum atomic E-state index is 13.8. The predicted molar refractivity (Wildman–Crippen MR) is 106 cm³/mol. The summed E-state index contributed by atoms with van der Waals surface area (Å²) in [5.74, 6) is -1.11. The topological polar surface area (TPSA) is 76.1 Å². The molecule has 0 heterocycles. The van der Waals surface area contributed by atoms with E-state index in [1.165, 1.54) is 11.0 Å². The Bertz CT molecular complexity index is 809. The zero-order valence-electron chi connectivity index (χ0n) is 16.6. The Morgan fingerprint density at radius 3 is 2.38 bits per heavy atom. The number of carboxylic acid groups (broad SMARTS) is 1. The van der Waals surface area contributed by atoms with Crippen LogP contribution in [0.25, 0.3) is 0 Å². The largest absolute Gasteiger partial charge is 0.484 e. The molecule has 0 saturated heterocycles. The molecular formula is C22H26FNO5. The number of aliphatic carboxylic acids is 1. The van der Waals surface area contributed by atoms with Gasteiger partial charge in [0.1, 0.15) is 11.6 Å². The maximum absolute atomic E-state index is 13.8. The first-order chi connectivity index (χ1) is 13.9. The molecule has 0 fully saturated rings. The molecule has 0 radical (unpaired) electrons. The quantitative estimate of drug-likeness (QED) is 0.623. The summed E-state index contributed by atoms with van der Waals surface area (Å²) in [6, 6.07) is 13.2. The molecular weight excluding hydrogens is 377 g/mol. The summed E-state index contributed by atoms with van der Waals surface area (Å²) < 4.78 is 24.6. The van der Waals surface area contributed by atoms with Crippen molar-refractivity contribution in [2.75, 3.05) is 19.8 Å². The summed E-state index contributed by atoms with van der Waals surface area (Å²) in [5.41, 5.74) is 1.24. The standard InChI is InChI=1S/C22H26FNO5/c1-3-24(14-17-7-5-6-8-19(17)23)21(25)15-29-18-11-9-16(10-12-18)13-20(22(26)27)28-4-2/h5-12,20H,3-4,13-15H2,1-2H3,(H,26,27). The Morgan fingerprint density at radius 2 is 1.79 bits per heavy atom. The van der Waals surface area contributed by atoms with Gasteiger partial charge in [-0.1, -0.05) is 30.3 Å². The number of ether oxygens (including phenoxy) is 2. The number of benzene rings is 2. The van der Waals surface area contributed by atoms with E-state index >= 15 is 0 Å². The van der Waals surface area contributed by atoms with Gasteiger partial charge in [-0.15, -0.1) is 0 Å². The highest BCUT2D eigenvalue weighted by atomic mass is 19.1. The summed E-state index contributed by atoms with van der Waals surface area (Å²) in [6.45, 7) is 4.33. The minimum atomic E-state index is -1.01. The number of hydrogen-bond acceptors (Lipinski definition) is 4. The number of carbonyl (C=O) groups excluding carboxylic acids is 1. The molecule has 7 heteroatoms. The van der Waals surface area contributed by atoms with Crippen LogP contribution in [0.3, 0.4) is 0 Å². The molecule has 2 aromatic carbocycles. The van der Waals surface area contributed by atoms with Crippen molar-refractivity contribution in [3.8, 4) is 5.75 Å². The lowest BCUT2D eigenvalue weighted by Crippen LogP contribution is -2.34. The lowest BCUT2D eigenvalue weighted by atomic mass is 10.1. The molecule has 1 atom stereocenters. The Kier molecular flexibility index (Phi) is 8.61. The maximum Gasteiger partial charge on any atom is 0.333 e. The van der Waals surface area contributed by atoms with Crippen molar-refractivity contribution >= 4 is 11.9 Å². The molecule has 0 aliphatic rings. The van der Waals surface area contributed by atoms with Crippen LogP contribution in [0.2, 0.25) is 0 Å². The molecule has 0 aliphatic carbocycles. The Hall–Kier alpha value is -2.93. The number of carboxylic acids is 1. The van der Waals surface area contributed by atoms with Crippen LogP contribution in [0.4, 0.5) is 4.39 Å². The third kappa shape index (κ3) is 6.87. The molecule has 0 spiro atoms. The van der Waals surface area contributed by atoms with Crippen LogP contribution < -0.4 is 4.74 Å². The lowest BCUT2D eigenvalue weighted by Gasteiger charge is -2.21. The van der Waals surface area contributed by atoms with Gasteiger partial charge in [0.2, 0.25) is 0 Å². The highest BCUT2D eigenvalue weighted by Crippen LogP contribution is 2.15. The SMILES string of the molecule is CCOC(Cc1ccc(OCC(=O)N(CC)Cc2ccccc2F)cc1)C(=O)O. The van der Waals surface area contributed by atoms with Gasteiger partial charge in [0, 0.05) is 31.7 Å². The van der Waals surface area contributed by atoms with Crippen molar-refractivity contribution in [3.63, 3.8) is 0 Å². The monoisotopic (exact) mass is 403 g/mol. The molecule has 0 aliphatic heterocycles. The second-order valence-electron chi connectivity index (χ2n) is 6.42. The zero-order valence-corrected chi connectivity index (χ0v) is 16.6. The highest BCUT2D eigenvalue weighted by molar-refractivity contribution is 5.77. The first-order valence-corrected chi connectivity index (χ1v) is 9.51. The Labute approximate surface area is 169 Å². The van der Waals surface area contributed by atoms with E-state index in [1.807, 2.05) is 6.92 Å². The number of nitrogens with zero attached hydrogens (tertiary/aromatic N) is 1. The average Bonchev–Trinajstić information content (AvgIpc) is 2.72. The van der Waals surface area contributed by atoms with E-state index in [-0.39, 0.29) is 31.3 Å². The van der Waals surface area contributed by atoms with Crippen LogP contribution in [-0.4, -0.2) is 47.7 Å². The van der Waals surface area contributed by atoms with E-state index in [2.05, 4.69) is 0 Å². The molecule has 0 aromatic heterocycles. The second kappa shape index (κ2) is 11.2. The number of halogens is 1.